The highest BCUT2D eigenvalue weighted by Crippen LogP contribution is 2.37. The van der Waals surface area contributed by atoms with Crippen LogP contribution < -0.4 is 0 Å². The van der Waals surface area contributed by atoms with Gasteiger partial charge in [-0.05, 0) is 109 Å². The lowest BCUT2D eigenvalue weighted by Gasteiger charge is -2.17. The van der Waals surface area contributed by atoms with Crippen molar-refractivity contribution in [2.24, 2.45) is 0 Å². The van der Waals surface area contributed by atoms with E-state index in [9.17, 15) is 0 Å². The van der Waals surface area contributed by atoms with Crippen LogP contribution in [0.1, 0.15) is 41.0 Å². The molecule has 0 atom stereocenters. The first-order chi connectivity index (χ1) is 25.7. The Balaban J connectivity index is 0.916. The van der Waals surface area contributed by atoms with Crippen molar-refractivity contribution in [3.05, 3.63) is 180 Å². The molecule has 0 fully saturated rings. The van der Waals surface area contributed by atoms with Gasteiger partial charge < -0.3 is 13.6 Å². The highest BCUT2D eigenvalue weighted by atomic mass is 16.3. The second-order valence-corrected chi connectivity index (χ2v) is 14.0. The number of aryl methyl sites for hydroxylation is 1. The fourth-order valence-corrected chi connectivity index (χ4v) is 8.55. The van der Waals surface area contributed by atoms with E-state index in [1.54, 1.807) is 0 Å². The first-order valence-electron chi connectivity index (χ1n) is 18.4. The zero-order valence-electron chi connectivity index (χ0n) is 29.1. The maximum absolute atomic E-state index is 6.39. The van der Waals surface area contributed by atoms with E-state index in [4.69, 9.17) is 4.42 Å². The molecule has 3 aromatic heterocycles. The molecule has 3 heterocycles. The summed E-state index contributed by atoms with van der Waals surface area (Å²) >= 11 is 0. The standard InChI is InChI=1S/C49H38N2O/c1-2-38-43-32-37(51-46-22-9-5-18-41(46)42-19-6-10-23-47(42)51)29-30-49(43)52-48(38)24-11-13-33-25-27-34(28-26-33)35-14-12-15-36(31-35)50-44-20-7-3-16-39(44)40-17-4-8-21-45(40)50/h2-3,5-7,9-12,14-16,18-20,22-32H,1,4,8,13,17,21H2/b24-11-. The SMILES string of the molecule is C=Cc1c(/C=C\Cc2ccc(-c3cccc(-n4c5c(c6ccccc64)CCCC5)c3)cc2)oc2ccc(-n3c4ccccc4c4ccccc43)cc12. The minimum absolute atomic E-state index is 0.808. The zero-order valence-corrected chi connectivity index (χ0v) is 29.1. The number of fused-ring (bicyclic) bond motifs is 7. The van der Waals surface area contributed by atoms with E-state index in [0.29, 0.717) is 0 Å². The fourth-order valence-electron chi connectivity index (χ4n) is 8.55. The molecule has 52 heavy (non-hydrogen) atoms. The van der Waals surface area contributed by atoms with Gasteiger partial charge in [0, 0.05) is 44.2 Å². The van der Waals surface area contributed by atoms with Gasteiger partial charge in [-0.3, -0.25) is 0 Å². The molecular formula is C49H38N2O. The number of furan rings is 1. The van der Waals surface area contributed by atoms with Gasteiger partial charge >= 0.3 is 0 Å². The van der Waals surface area contributed by atoms with Crippen molar-refractivity contribution < 1.29 is 4.42 Å². The molecule has 3 nitrogen and oxygen atoms in total. The van der Waals surface area contributed by atoms with Crippen LogP contribution in [-0.4, -0.2) is 9.13 Å². The van der Waals surface area contributed by atoms with Crippen molar-refractivity contribution in [3.8, 4) is 22.5 Å². The lowest BCUT2D eigenvalue weighted by Crippen LogP contribution is -2.06. The molecule has 0 radical (unpaired) electrons. The average Bonchev–Trinajstić information content (AvgIpc) is 3.85. The molecule has 250 valence electrons. The molecule has 0 N–H and O–H groups in total. The van der Waals surface area contributed by atoms with Crippen molar-refractivity contribution >= 4 is 55.8 Å². The number of benzene rings is 6. The lowest BCUT2D eigenvalue weighted by atomic mass is 9.95. The number of nitrogens with zero attached hydrogens (tertiary/aromatic N) is 2. The largest absolute Gasteiger partial charge is 0.456 e. The second kappa shape index (κ2) is 12.5. The monoisotopic (exact) mass is 670 g/mol. The predicted molar refractivity (Wildman–Crippen MR) is 219 cm³/mol. The number of hydrogen-bond acceptors (Lipinski definition) is 1. The molecule has 9 aromatic rings. The third kappa shape index (κ3) is 4.96. The van der Waals surface area contributed by atoms with Crippen LogP contribution in [0.15, 0.2) is 157 Å². The molecule has 0 saturated carbocycles. The van der Waals surface area contributed by atoms with Crippen molar-refractivity contribution in [1.82, 2.24) is 9.13 Å². The van der Waals surface area contributed by atoms with Gasteiger partial charge in [-0.15, -0.1) is 0 Å². The third-order valence-electron chi connectivity index (χ3n) is 11.0. The molecule has 10 rings (SSSR count). The van der Waals surface area contributed by atoms with Crippen molar-refractivity contribution in [2.75, 3.05) is 0 Å². The smallest absolute Gasteiger partial charge is 0.135 e. The van der Waals surface area contributed by atoms with Crippen LogP contribution in [-0.2, 0) is 19.3 Å². The normalized spacial score (nSPS) is 13.2. The van der Waals surface area contributed by atoms with E-state index in [-0.39, 0.29) is 0 Å². The van der Waals surface area contributed by atoms with Gasteiger partial charge in [-0.25, -0.2) is 0 Å². The van der Waals surface area contributed by atoms with Gasteiger partial charge in [0.2, 0.25) is 0 Å². The molecule has 0 spiro atoms. The minimum atomic E-state index is 0.808. The Kier molecular flexibility index (Phi) is 7.31. The van der Waals surface area contributed by atoms with Gasteiger partial charge in [0.25, 0.3) is 0 Å². The second-order valence-electron chi connectivity index (χ2n) is 14.0. The van der Waals surface area contributed by atoms with Crippen LogP contribution in [0, 0.1) is 0 Å². The predicted octanol–water partition coefficient (Wildman–Crippen LogP) is 12.9. The third-order valence-corrected chi connectivity index (χ3v) is 11.0. The summed E-state index contributed by atoms with van der Waals surface area (Å²) in [7, 11) is 0. The summed E-state index contributed by atoms with van der Waals surface area (Å²) in [5.74, 6) is 0.831. The van der Waals surface area contributed by atoms with Crippen LogP contribution >= 0.6 is 0 Å². The Labute approximate surface area is 303 Å². The van der Waals surface area contributed by atoms with Gasteiger partial charge in [0.1, 0.15) is 11.3 Å². The first kappa shape index (κ1) is 30.5. The number of para-hydroxylation sites is 3. The van der Waals surface area contributed by atoms with E-state index >= 15 is 0 Å². The van der Waals surface area contributed by atoms with Crippen LogP contribution in [0.25, 0.3) is 78.3 Å². The van der Waals surface area contributed by atoms with E-state index in [1.807, 2.05) is 6.08 Å². The number of hydrogen-bond donors (Lipinski definition) is 0. The first-order valence-corrected chi connectivity index (χ1v) is 18.4. The highest BCUT2D eigenvalue weighted by molar-refractivity contribution is 6.09. The van der Waals surface area contributed by atoms with Crippen molar-refractivity contribution in [2.45, 2.75) is 32.1 Å². The highest BCUT2D eigenvalue weighted by Gasteiger charge is 2.21. The molecular weight excluding hydrogens is 633 g/mol. The minimum Gasteiger partial charge on any atom is -0.456 e. The molecule has 0 amide bonds. The van der Waals surface area contributed by atoms with Crippen molar-refractivity contribution in [3.63, 3.8) is 0 Å². The van der Waals surface area contributed by atoms with Crippen LogP contribution in [0.4, 0.5) is 0 Å². The molecule has 0 unspecified atom stereocenters. The maximum atomic E-state index is 6.39. The number of aromatic nitrogens is 2. The zero-order chi connectivity index (χ0) is 34.6. The molecule has 0 saturated heterocycles. The fraction of sp³-hybridized carbons (Fsp3) is 0.102. The topological polar surface area (TPSA) is 23.0 Å². The molecule has 0 bridgehead atoms. The van der Waals surface area contributed by atoms with Gasteiger partial charge in [0.05, 0.1) is 16.6 Å². The van der Waals surface area contributed by atoms with E-state index in [0.717, 1.165) is 40.8 Å². The number of rotatable bonds is 7. The lowest BCUT2D eigenvalue weighted by molar-refractivity contribution is 0.603. The maximum Gasteiger partial charge on any atom is 0.135 e. The summed E-state index contributed by atoms with van der Waals surface area (Å²) in [4.78, 5) is 0. The summed E-state index contributed by atoms with van der Waals surface area (Å²) in [5.41, 5.74) is 14.7. The Morgan fingerprint density at radius 2 is 1.25 bits per heavy atom. The van der Waals surface area contributed by atoms with E-state index in [2.05, 4.69) is 167 Å². The van der Waals surface area contributed by atoms with Crippen LogP contribution in [0.5, 0.6) is 0 Å². The van der Waals surface area contributed by atoms with Crippen molar-refractivity contribution in [1.29, 1.82) is 0 Å². The summed E-state index contributed by atoms with van der Waals surface area (Å²) in [6.45, 7) is 4.17. The molecule has 0 aliphatic heterocycles. The van der Waals surface area contributed by atoms with Crippen LogP contribution in [0.3, 0.4) is 0 Å². The molecule has 3 heteroatoms. The summed E-state index contributed by atoms with van der Waals surface area (Å²) in [5, 5.41) is 4.98. The Bertz CT molecular complexity index is 2780. The van der Waals surface area contributed by atoms with Crippen LogP contribution in [0.2, 0.25) is 0 Å². The summed E-state index contributed by atoms with van der Waals surface area (Å²) < 4.78 is 11.2. The van der Waals surface area contributed by atoms with Gasteiger partial charge in [0.15, 0.2) is 0 Å². The summed E-state index contributed by atoms with van der Waals surface area (Å²) in [6.07, 6.45) is 11.9. The molecule has 1 aliphatic carbocycles. The molecule has 6 aromatic carbocycles. The summed E-state index contributed by atoms with van der Waals surface area (Å²) in [6, 6.07) is 50.6. The average molecular weight is 671 g/mol. The van der Waals surface area contributed by atoms with E-state index in [1.165, 1.54) is 85.6 Å². The Morgan fingerprint density at radius 1 is 0.577 bits per heavy atom. The Hall–Kier alpha value is -6.32. The molecule has 1 aliphatic rings. The number of allylic oxidation sites excluding steroid dienone is 1. The van der Waals surface area contributed by atoms with Gasteiger partial charge in [-0.1, -0.05) is 110 Å². The van der Waals surface area contributed by atoms with E-state index < -0.39 is 0 Å². The van der Waals surface area contributed by atoms with Gasteiger partial charge in [-0.2, -0.15) is 0 Å². The quantitative estimate of drug-likeness (QED) is 0.165. The Morgan fingerprint density at radius 3 is 2.00 bits per heavy atom.